The molecular weight excluding hydrogens is 332 g/mol. The zero-order chi connectivity index (χ0) is 17.0. The van der Waals surface area contributed by atoms with Crippen molar-refractivity contribution in [1.82, 2.24) is 14.9 Å². The first kappa shape index (κ1) is 15.0. The summed E-state index contributed by atoms with van der Waals surface area (Å²) in [4.78, 5) is 23.4. The average molecular weight is 350 g/mol. The number of rotatable bonds is 3. The molecule has 2 aromatic heterocycles. The van der Waals surface area contributed by atoms with E-state index in [2.05, 4.69) is 39.4 Å². The molecular formula is C19H18N4OS. The van der Waals surface area contributed by atoms with E-state index >= 15 is 0 Å². The fourth-order valence-electron chi connectivity index (χ4n) is 4.02. The number of carbonyl (C=O) groups is 1. The lowest BCUT2D eigenvalue weighted by molar-refractivity contribution is -0.118. The largest absolute Gasteiger partial charge is 0.306 e. The Morgan fingerprint density at radius 3 is 2.68 bits per heavy atom. The number of carbonyl (C=O) groups excluding carboxylic acids is 1. The molecule has 1 aliphatic carbocycles. The molecule has 1 saturated heterocycles. The van der Waals surface area contributed by atoms with Crippen LogP contribution in [0.2, 0.25) is 0 Å². The van der Waals surface area contributed by atoms with Crippen LogP contribution in [0.25, 0.3) is 21.3 Å². The van der Waals surface area contributed by atoms with Gasteiger partial charge in [0.2, 0.25) is 5.91 Å². The third-order valence-electron chi connectivity index (χ3n) is 5.31. The number of pyridine rings is 1. The number of benzene rings is 1. The zero-order valence-electron chi connectivity index (χ0n) is 13.8. The minimum atomic E-state index is 0.136. The van der Waals surface area contributed by atoms with Gasteiger partial charge in [0.1, 0.15) is 0 Å². The van der Waals surface area contributed by atoms with Crippen molar-refractivity contribution in [2.45, 2.75) is 0 Å². The molecule has 3 heterocycles. The van der Waals surface area contributed by atoms with E-state index in [0.29, 0.717) is 17.0 Å². The molecule has 6 heteroatoms. The maximum absolute atomic E-state index is 12.5. The highest BCUT2D eigenvalue weighted by Gasteiger charge is 2.58. The van der Waals surface area contributed by atoms with Crippen LogP contribution >= 0.6 is 11.3 Å². The Balaban J connectivity index is 1.36. The molecule has 5 rings (SSSR count). The number of aromatic nitrogens is 2. The van der Waals surface area contributed by atoms with Crippen LogP contribution < -0.4 is 5.32 Å². The summed E-state index contributed by atoms with van der Waals surface area (Å²) >= 11 is 1.54. The second kappa shape index (κ2) is 5.61. The number of anilines is 1. The summed E-state index contributed by atoms with van der Waals surface area (Å²) in [6.45, 7) is 2.08. The number of fused-ring (bicyclic) bond motifs is 2. The smallest absolute Gasteiger partial charge is 0.229 e. The van der Waals surface area contributed by atoms with Crippen LogP contribution in [0.1, 0.15) is 0 Å². The van der Waals surface area contributed by atoms with Gasteiger partial charge in [0.25, 0.3) is 0 Å². The van der Waals surface area contributed by atoms with Gasteiger partial charge in [0, 0.05) is 31.4 Å². The van der Waals surface area contributed by atoms with Crippen molar-refractivity contribution in [1.29, 1.82) is 0 Å². The van der Waals surface area contributed by atoms with Crippen LogP contribution in [0.5, 0.6) is 0 Å². The quantitative estimate of drug-likeness (QED) is 0.789. The van der Waals surface area contributed by atoms with E-state index in [4.69, 9.17) is 0 Å². The SMILES string of the molecule is CN1C[C@@H]2C(C(=O)Nc3nc4ccc(-c5ccncc5)cc4s3)[C@@H]2C1. The molecule has 0 spiro atoms. The third kappa shape index (κ3) is 2.62. The van der Waals surface area contributed by atoms with Crippen LogP contribution in [0.3, 0.4) is 0 Å². The van der Waals surface area contributed by atoms with Crippen LogP contribution in [0, 0.1) is 17.8 Å². The lowest BCUT2D eigenvalue weighted by atomic mass is 10.1. The van der Waals surface area contributed by atoms with Crippen LogP contribution in [-0.2, 0) is 4.79 Å². The molecule has 126 valence electrons. The molecule has 3 aromatic rings. The highest BCUT2D eigenvalue weighted by Crippen LogP contribution is 2.51. The van der Waals surface area contributed by atoms with Gasteiger partial charge in [-0.2, -0.15) is 0 Å². The minimum Gasteiger partial charge on any atom is -0.306 e. The first-order valence-corrected chi connectivity index (χ1v) is 9.31. The van der Waals surface area contributed by atoms with Gasteiger partial charge in [-0.3, -0.25) is 9.78 Å². The molecule has 2 fully saturated rings. The van der Waals surface area contributed by atoms with Gasteiger partial charge in [-0.1, -0.05) is 17.4 Å². The van der Waals surface area contributed by atoms with E-state index in [1.807, 2.05) is 18.2 Å². The lowest BCUT2D eigenvalue weighted by Crippen LogP contribution is -2.25. The summed E-state index contributed by atoms with van der Waals surface area (Å²) in [7, 11) is 2.12. The molecule has 0 bridgehead atoms. The Kier molecular flexibility index (Phi) is 3.36. The number of nitrogens with one attached hydrogen (secondary N) is 1. The summed E-state index contributed by atoms with van der Waals surface area (Å²) < 4.78 is 1.08. The van der Waals surface area contributed by atoms with Gasteiger partial charge in [-0.15, -0.1) is 0 Å². The third-order valence-corrected chi connectivity index (χ3v) is 6.25. The molecule has 5 nitrogen and oxygen atoms in total. The fraction of sp³-hybridized carbons (Fsp3) is 0.316. The number of hydrogen-bond donors (Lipinski definition) is 1. The molecule has 25 heavy (non-hydrogen) atoms. The van der Waals surface area contributed by atoms with Crippen molar-refractivity contribution in [3.63, 3.8) is 0 Å². The summed E-state index contributed by atoms with van der Waals surface area (Å²) in [5.74, 6) is 1.39. The van der Waals surface area contributed by atoms with Gasteiger partial charge in [-0.05, 0) is 54.3 Å². The lowest BCUT2D eigenvalue weighted by Gasteiger charge is -2.12. The highest BCUT2D eigenvalue weighted by atomic mass is 32.1. The second-order valence-electron chi connectivity index (χ2n) is 7.00. The number of nitrogens with zero attached hydrogens (tertiary/aromatic N) is 3. The van der Waals surface area contributed by atoms with Gasteiger partial charge in [0.15, 0.2) is 5.13 Å². The van der Waals surface area contributed by atoms with Gasteiger partial charge in [-0.25, -0.2) is 4.98 Å². The van der Waals surface area contributed by atoms with E-state index in [0.717, 1.165) is 34.4 Å². The Hall–Kier alpha value is -2.31. The van der Waals surface area contributed by atoms with Gasteiger partial charge < -0.3 is 10.2 Å². The summed E-state index contributed by atoms with van der Waals surface area (Å²) in [6, 6.07) is 10.2. The van der Waals surface area contributed by atoms with Crippen LogP contribution in [0.4, 0.5) is 5.13 Å². The van der Waals surface area contributed by atoms with Crippen molar-refractivity contribution >= 4 is 32.6 Å². The number of thiazole rings is 1. The standard InChI is InChI=1S/C19H18N4OS/c1-23-9-13-14(10-23)17(13)18(24)22-19-21-15-3-2-12(8-16(15)25-19)11-4-6-20-7-5-11/h2-8,13-14,17H,9-10H2,1H3,(H,21,22,24)/t13-,14+,17?. The molecule has 1 aromatic carbocycles. The van der Waals surface area contributed by atoms with E-state index in [9.17, 15) is 4.79 Å². The van der Waals surface area contributed by atoms with Crippen molar-refractivity contribution < 1.29 is 4.79 Å². The number of likely N-dealkylation sites (tertiary alicyclic amines) is 1. The maximum Gasteiger partial charge on any atom is 0.229 e. The summed E-state index contributed by atoms with van der Waals surface area (Å²) in [6.07, 6.45) is 3.59. The molecule has 1 saturated carbocycles. The summed E-state index contributed by atoms with van der Waals surface area (Å²) in [5, 5.41) is 3.74. The Morgan fingerprint density at radius 2 is 1.92 bits per heavy atom. The fourth-order valence-corrected chi connectivity index (χ4v) is 4.92. The highest BCUT2D eigenvalue weighted by molar-refractivity contribution is 7.22. The summed E-state index contributed by atoms with van der Waals surface area (Å²) in [5.41, 5.74) is 3.19. The molecule has 3 atom stereocenters. The monoisotopic (exact) mass is 350 g/mol. The van der Waals surface area contributed by atoms with E-state index in [1.54, 1.807) is 12.4 Å². The number of piperidine rings is 1. The molecule has 1 unspecified atom stereocenters. The predicted octanol–water partition coefficient (Wildman–Crippen LogP) is 3.10. The Morgan fingerprint density at radius 1 is 1.16 bits per heavy atom. The maximum atomic E-state index is 12.5. The predicted molar refractivity (Wildman–Crippen MR) is 99.4 cm³/mol. The van der Waals surface area contributed by atoms with Crippen LogP contribution in [-0.4, -0.2) is 40.9 Å². The number of hydrogen-bond acceptors (Lipinski definition) is 5. The van der Waals surface area contributed by atoms with Crippen molar-refractivity contribution in [2.24, 2.45) is 17.8 Å². The van der Waals surface area contributed by atoms with Crippen LogP contribution in [0.15, 0.2) is 42.7 Å². The molecule has 1 aliphatic heterocycles. The Labute approximate surface area is 149 Å². The van der Waals surface area contributed by atoms with E-state index in [-0.39, 0.29) is 11.8 Å². The molecule has 1 amide bonds. The van der Waals surface area contributed by atoms with Gasteiger partial charge in [0.05, 0.1) is 10.2 Å². The normalized spacial score (nSPS) is 25.1. The van der Waals surface area contributed by atoms with Gasteiger partial charge >= 0.3 is 0 Å². The first-order chi connectivity index (χ1) is 12.2. The molecule has 2 aliphatic rings. The topological polar surface area (TPSA) is 58.1 Å². The second-order valence-corrected chi connectivity index (χ2v) is 8.03. The number of amides is 1. The van der Waals surface area contributed by atoms with Crippen molar-refractivity contribution in [3.05, 3.63) is 42.7 Å². The minimum absolute atomic E-state index is 0.136. The Bertz CT molecular complexity index is 942. The average Bonchev–Trinajstić information content (AvgIpc) is 2.95. The van der Waals surface area contributed by atoms with Crippen molar-refractivity contribution in [3.8, 4) is 11.1 Å². The molecule has 0 radical (unpaired) electrons. The van der Waals surface area contributed by atoms with E-state index < -0.39 is 0 Å². The first-order valence-electron chi connectivity index (χ1n) is 8.49. The zero-order valence-corrected chi connectivity index (χ0v) is 14.7. The molecule has 1 N–H and O–H groups in total. The van der Waals surface area contributed by atoms with E-state index in [1.165, 1.54) is 11.3 Å². The van der Waals surface area contributed by atoms with Crippen molar-refractivity contribution in [2.75, 3.05) is 25.5 Å².